The van der Waals surface area contributed by atoms with Gasteiger partial charge in [0, 0.05) is 29.0 Å². The Labute approximate surface area is 149 Å². The fourth-order valence-electron chi connectivity index (χ4n) is 3.17. The zero-order valence-electron chi connectivity index (χ0n) is 14.6. The van der Waals surface area contributed by atoms with Gasteiger partial charge in [-0.25, -0.2) is 9.78 Å². The molecule has 8 heteroatoms. The number of benzene rings is 1. The van der Waals surface area contributed by atoms with E-state index in [0.717, 1.165) is 21.9 Å². The highest BCUT2D eigenvalue weighted by Crippen LogP contribution is 2.30. The number of hydrogen-bond acceptors (Lipinski definition) is 5. The number of aromatic nitrogens is 3. The molecule has 1 atom stereocenters. The van der Waals surface area contributed by atoms with Gasteiger partial charge in [-0.15, -0.1) is 0 Å². The molecule has 0 aliphatic carbocycles. The van der Waals surface area contributed by atoms with Crippen LogP contribution in [0.2, 0.25) is 0 Å². The summed E-state index contributed by atoms with van der Waals surface area (Å²) in [6, 6.07) is 6.26. The standard InChI is InChI=1S/C18H20N4O4/c1-10(2)26-17-19-8-13-12-7-11(3-4-14(12)20-16(13)21-17)15-9-22(18(23)24)5-6-25-15/h3-4,7-8,10,15H,5-6,9H2,1-2H3,(H,23,24)(H,19,20,21). The van der Waals surface area contributed by atoms with E-state index in [1.807, 2.05) is 32.0 Å². The van der Waals surface area contributed by atoms with Gasteiger partial charge in [0.15, 0.2) is 0 Å². The number of carbonyl (C=O) groups is 1. The van der Waals surface area contributed by atoms with E-state index in [4.69, 9.17) is 9.47 Å². The summed E-state index contributed by atoms with van der Waals surface area (Å²) in [6.45, 7) is 4.97. The molecule has 136 valence electrons. The Bertz CT molecular complexity index is 968. The summed E-state index contributed by atoms with van der Waals surface area (Å²) in [5, 5.41) is 11.1. The number of hydrogen-bond donors (Lipinski definition) is 2. The third-order valence-electron chi connectivity index (χ3n) is 4.40. The fraction of sp³-hybridized carbons (Fsp3) is 0.389. The normalized spacial score (nSPS) is 18.0. The number of fused-ring (bicyclic) bond motifs is 3. The third kappa shape index (κ3) is 3.03. The zero-order chi connectivity index (χ0) is 18.3. The van der Waals surface area contributed by atoms with E-state index >= 15 is 0 Å². The Morgan fingerprint density at radius 1 is 1.42 bits per heavy atom. The van der Waals surface area contributed by atoms with Gasteiger partial charge < -0.3 is 24.5 Å². The summed E-state index contributed by atoms with van der Waals surface area (Å²) in [5.41, 5.74) is 2.58. The van der Waals surface area contributed by atoms with Crippen LogP contribution in [0.4, 0.5) is 4.79 Å². The van der Waals surface area contributed by atoms with E-state index < -0.39 is 6.09 Å². The summed E-state index contributed by atoms with van der Waals surface area (Å²) in [6.07, 6.45) is 0.550. The van der Waals surface area contributed by atoms with Crippen molar-refractivity contribution in [1.29, 1.82) is 0 Å². The van der Waals surface area contributed by atoms with Crippen LogP contribution in [0.25, 0.3) is 21.9 Å². The Kier molecular flexibility index (Phi) is 4.12. The van der Waals surface area contributed by atoms with Crippen molar-refractivity contribution >= 4 is 28.0 Å². The van der Waals surface area contributed by atoms with Crippen LogP contribution in [0.3, 0.4) is 0 Å². The van der Waals surface area contributed by atoms with Crippen LogP contribution in [-0.2, 0) is 4.74 Å². The first-order valence-electron chi connectivity index (χ1n) is 8.56. The summed E-state index contributed by atoms with van der Waals surface area (Å²) in [5.74, 6) is 0. The predicted molar refractivity (Wildman–Crippen MR) is 95.4 cm³/mol. The molecule has 1 amide bonds. The lowest BCUT2D eigenvalue weighted by atomic mass is 10.0. The summed E-state index contributed by atoms with van der Waals surface area (Å²) >= 11 is 0. The van der Waals surface area contributed by atoms with Crippen molar-refractivity contribution in [3.63, 3.8) is 0 Å². The van der Waals surface area contributed by atoms with Crippen LogP contribution in [0.1, 0.15) is 25.5 Å². The molecule has 0 bridgehead atoms. The SMILES string of the molecule is CC(C)Oc1ncc2c(n1)[nH]c1ccc(C3CN(C(=O)O)CCO3)cc12. The van der Waals surface area contributed by atoms with Crippen molar-refractivity contribution in [1.82, 2.24) is 19.9 Å². The van der Waals surface area contributed by atoms with Gasteiger partial charge in [-0.1, -0.05) is 6.07 Å². The van der Waals surface area contributed by atoms with Crippen molar-refractivity contribution in [2.75, 3.05) is 19.7 Å². The van der Waals surface area contributed by atoms with Crippen LogP contribution in [-0.4, -0.2) is 56.9 Å². The molecular formula is C18H20N4O4. The van der Waals surface area contributed by atoms with E-state index in [1.165, 1.54) is 4.90 Å². The average molecular weight is 356 g/mol. The molecule has 4 rings (SSSR count). The highest BCUT2D eigenvalue weighted by atomic mass is 16.5. The highest BCUT2D eigenvalue weighted by Gasteiger charge is 2.25. The molecule has 1 unspecified atom stereocenters. The lowest BCUT2D eigenvalue weighted by molar-refractivity contribution is -0.0231. The van der Waals surface area contributed by atoms with E-state index in [1.54, 1.807) is 6.20 Å². The maximum Gasteiger partial charge on any atom is 0.407 e. The van der Waals surface area contributed by atoms with Crippen molar-refractivity contribution in [3.05, 3.63) is 30.0 Å². The van der Waals surface area contributed by atoms with Crippen molar-refractivity contribution in [2.24, 2.45) is 0 Å². The molecular weight excluding hydrogens is 336 g/mol. The number of H-pyrrole nitrogens is 1. The number of ether oxygens (including phenoxy) is 2. The zero-order valence-corrected chi connectivity index (χ0v) is 14.6. The van der Waals surface area contributed by atoms with Gasteiger partial charge in [0.2, 0.25) is 0 Å². The maximum atomic E-state index is 11.2. The molecule has 0 spiro atoms. The lowest BCUT2D eigenvalue weighted by Crippen LogP contribution is -2.41. The molecule has 3 heterocycles. The van der Waals surface area contributed by atoms with Crippen molar-refractivity contribution in [3.8, 4) is 6.01 Å². The first kappa shape index (κ1) is 16.6. The molecule has 1 saturated heterocycles. The van der Waals surface area contributed by atoms with Crippen molar-refractivity contribution in [2.45, 2.75) is 26.1 Å². The van der Waals surface area contributed by atoms with Crippen LogP contribution >= 0.6 is 0 Å². The number of aromatic amines is 1. The fourth-order valence-corrected chi connectivity index (χ4v) is 3.17. The average Bonchev–Trinajstić information content (AvgIpc) is 2.98. The monoisotopic (exact) mass is 356 g/mol. The van der Waals surface area contributed by atoms with E-state index in [2.05, 4.69) is 15.0 Å². The minimum Gasteiger partial charge on any atom is -0.465 e. The van der Waals surface area contributed by atoms with Gasteiger partial charge in [-0.3, -0.25) is 0 Å². The second-order valence-corrected chi connectivity index (χ2v) is 6.60. The van der Waals surface area contributed by atoms with Gasteiger partial charge in [-0.2, -0.15) is 4.98 Å². The summed E-state index contributed by atoms with van der Waals surface area (Å²) < 4.78 is 11.3. The van der Waals surface area contributed by atoms with Gasteiger partial charge in [0.1, 0.15) is 11.8 Å². The largest absolute Gasteiger partial charge is 0.465 e. The first-order valence-corrected chi connectivity index (χ1v) is 8.56. The molecule has 0 saturated carbocycles. The number of morpholine rings is 1. The maximum absolute atomic E-state index is 11.2. The molecule has 1 aliphatic heterocycles. The van der Waals surface area contributed by atoms with E-state index in [-0.39, 0.29) is 12.2 Å². The molecule has 1 aromatic carbocycles. The molecule has 26 heavy (non-hydrogen) atoms. The van der Waals surface area contributed by atoms with Crippen molar-refractivity contribution < 1.29 is 19.4 Å². The van der Waals surface area contributed by atoms with Gasteiger partial charge in [-0.05, 0) is 31.5 Å². The Hall–Kier alpha value is -2.87. The van der Waals surface area contributed by atoms with Crippen LogP contribution in [0.15, 0.2) is 24.4 Å². The number of carboxylic acid groups (broad SMARTS) is 1. The first-order chi connectivity index (χ1) is 12.5. The smallest absolute Gasteiger partial charge is 0.407 e. The topological polar surface area (TPSA) is 101 Å². The molecule has 0 radical (unpaired) electrons. The summed E-state index contributed by atoms with van der Waals surface area (Å²) in [4.78, 5) is 24.6. The lowest BCUT2D eigenvalue weighted by Gasteiger charge is -2.31. The summed E-state index contributed by atoms with van der Waals surface area (Å²) in [7, 11) is 0. The highest BCUT2D eigenvalue weighted by molar-refractivity contribution is 6.05. The predicted octanol–water partition coefficient (Wildman–Crippen LogP) is 2.95. The Morgan fingerprint density at radius 2 is 2.27 bits per heavy atom. The molecule has 1 aliphatic rings. The number of nitrogens with one attached hydrogen (secondary N) is 1. The van der Waals surface area contributed by atoms with E-state index in [9.17, 15) is 9.90 Å². The van der Waals surface area contributed by atoms with Gasteiger partial charge in [0.05, 0.1) is 19.3 Å². The Morgan fingerprint density at radius 3 is 3.04 bits per heavy atom. The number of amides is 1. The number of rotatable bonds is 3. The molecule has 2 N–H and O–H groups in total. The Balaban J connectivity index is 1.70. The second kappa shape index (κ2) is 6.45. The third-order valence-corrected chi connectivity index (χ3v) is 4.40. The van der Waals surface area contributed by atoms with E-state index in [0.29, 0.717) is 31.4 Å². The minimum absolute atomic E-state index is 0.00376. The molecule has 2 aromatic heterocycles. The molecule has 1 fully saturated rings. The second-order valence-electron chi connectivity index (χ2n) is 6.60. The molecule has 8 nitrogen and oxygen atoms in total. The molecule has 3 aromatic rings. The quantitative estimate of drug-likeness (QED) is 0.748. The minimum atomic E-state index is -0.919. The number of nitrogens with zero attached hydrogens (tertiary/aromatic N) is 3. The van der Waals surface area contributed by atoms with Crippen LogP contribution in [0, 0.1) is 0 Å². The van der Waals surface area contributed by atoms with Gasteiger partial charge >= 0.3 is 12.1 Å². The van der Waals surface area contributed by atoms with Crippen LogP contribution in [0.5, 0.6) is 6.01 Å². The van der Waals surface area contributed by atoms with Gasteiger partial charge in [0.25, 0.3) is 0 Å². The van der Waals surface area contributed by atoms with Crippen LogP contribution < -0.4 is 4.74 Å².